The molecule has 0 bridgehead atoms. The molecule has 8 heteroatoms. The first-order chi connectivity index (χ1) is 11.8. The van der Waals surface area contributed by atoms with Crippen molar-refractivity contribution < 1.29 is 26.3 Å². The van der Waals surface area contributed by atoms with Crippen LogP contribution in [-0.4, -0.2) is 13.7 Å². The number of hydrogen-bond donors (Lipinski definition) is 0. The third-order valence-electron chi connectivity index (χ3n) is 4.59. The molecule has 0 aromatic heterocycles. The van der Waals surface area contributed by atoms with E-state index in [0.717, 1.165) is 18.2 Å². The number of sulfone groups is 1. The van der Waals surface area contributed by atoms with Crippen molar-refractivity contribution in [1.29, 1.82) is 5.26 Å². The Kier molecular flexibility index (Phi) is 3.19. The highest BCUT2D eigenvalue weighted by Gasteiger charge is 2.62. The van der Waals surface area contributed by atoms with Gasteiger partial charge in [0.1, 0.15) is 17.3 Å². The topological polar surface area (TPSA) is 67.2 Å². The Bertz CT molecular complexity index is 1060. The first-order valence-electron chi connectivity index (χ1n) is 7.42. The minimum absolute atomic E-state index is 0.00152. The van der Waals surface area contributed by atoms with Gasteiger partial charge in [-0.25, -0.2) is 12.8 Å². The van der Waals surface area contributed by atoms with Crippen LogP contribution in [0.15, 0.2) is 35.2 Å². The van der Waals surface area contributed by atoms with Gasteiger partial charge in [0.25, 0.3) is 0 Å². The van der Waals surface area contributed by atoms with E-state index in [1.807, 2.05) is 0 Å². The Morgan fingerprint density at radius 3 is 2.72 bits per heavy atom. The lowest BCUT2D eigenvalue weighted by Crippen LogP contribution is -2.28. The molecule has 1 atom stereocenters. The maximum absolute atomic E-state index is 14.2. The summed E-state index contributed by atoms with van der Waals surface area (Å²) in [5, 5.41) is 5.05. The third-order valence-corrected chi connectivity index (χ3v) is 6.52. The fourth-order valence-electron chi connectivity index (χ4n) is 3.51. The summed E-state index contributed by atoms with van der Waals surface area (Å²) in [6.07, 6.45) is 0.246. The number of benzene rings is 2. The molecule has 25 heavy (non-hydrogen) atoms. The van der Waals surface area contributed by atoms with Crippen LogP contribution in [0.1, 0.15) is 29.0 Å². The van der Waals surface area contributed by atoms with E-state index in [0.29, 0.717) is 5.56 Å². The lowest BCUT2D eigenvalue weighted by Gasteiger charge is -2.14. The van der Waals surface area contributed by atoms with Gasteiger partial charge in [0.2, 0.25) is 9.84 Å². The molecular formula is C17H10F3NO3S. The van der Waals surface area contributed by atoms with E-state index in [-0.39, 0.29) is 40.4 Å². The molecule has 1 heterocycles. The molecule has 0 spiro atoms. The lowest BCUT2D eigenvalue weighted by atomic mass is 10.0. The molecule has 1 unspecified atom stereocenters. The van der Waals surface area contributed by atoms with Crippen LogP contribution in [0, 0.1) is 17.1 Å². The molecule has 1 aliphatic carbocycles. The Hall–Kier alpha value is -2.53. The van der Waals surface area contributed by atoms with E-state index in [1.165, 1.54) is 12.1 Å². The van der Waals surface area contributed by atoms with Crippen molar-refractivity contribution in [2.24, 2.45) is 0 Å². The summed E-state index contributed by atoms with van der Waals surface area (Å²) < 4.78 is 71.6. The first-order valence-corrected chi connectivity index (χ1v) is 8.91. The van der Waals surface area contributed by atoms with Crippen molar-refractivity contribution in [3.8, 4) is 17.6 Å². The molecule has 0 saturated carbocycles. The second-order valence-electron chi connectivity index (χ2n) is 6.00. The molecule has 0 saturated heterocycles. The van der Waals surface area contributed by atoms with E-state index in [4.69, 9.17) is 10.00 Å². The first kappa shape index (κ1) is 16.0. The van der Waals surface area contributed by atoms with Crippen LogP contribution < -0.4 is 4.74 Å². The van der Waals surface area contributed by atoms with Crippen LogP contribution in [0.4, 0.5) is 13.2 Å². The largest absolute Gasteiger partial charge is 0.457 e. The molecule has 0 N–H and O–H groups in total. The van der Waals surface area contributed by atoms with Crippen molar-refractivity contribution in [3.63, 3.8) is 0 Å². The number of rotatable bonds is 2. The minimum Gasteiger partial charge on any atom is -0.457 e. The smallest absolute Gasteiger partial charge is 0.356 e. The summed E-state index contributed by atoms with van der Waals surface area (Å²) in [7, 11) is -4.70. The fraction of sp³-hybridized carbons (Fsp3) is 0.235. The van der Waals surface area contributed by atoms with Gasteiger partial charge in [-0.2, -0.15) is 14.0 Å². The van der Waals surface area contributed by atoms with Crippen LogP contribution in [0.2, 0.25) is 0 Å². The second kappa shape index (κ2) is 4.99. The predicted molar refractivity (Wildman–Crippen MR) is 80.8 cm³/mol. The van der Waals surface area contributed by atoms with Crippen molar-refractivity contribution in [3.05, 3.63) is 52.8 Å². The number of halogens is 3. The summed E-state index contributed by atoms with van der Waals surface area (Å²) in [4.78, 5) is -0.362. The van der Waals surface area contributed by atoms with Gasteiger partial charge in [-0.3, -0.25) is 0 Å². The number of nitrogens with zero attached hydrogens (tertiary/aromatic N) is 1. The van der Waals surface area contributed by atoms with Crippen LogP contribution in [0.5, 0.6) is 11.5 Å². The SMILES string of the molecule is N#Cc1cc(F)cc(Oc2ccc3c4c2CCC4C(F)(F)S3(=O)=O)c1. The third kappa shape index (κ3) is 2.09. The fourth-order valence-corrected chi connectivity index (χ4v) is 5.21. The number of alkyl halides is 2. The van der Waals surface area contributed by atoms with Crippen LogP contribution in [0.25, 0.3) is 0 Å². The average molecular weight is 365 g/mol. The highest BCUT2D eigenvalue weighted by atomic mass is 32.2. The van der Waals surface area contributed by atoms with E-state index in [2.05, 4.69) is 0 Å². The zero-order valence-electron chi connectivity index (χ0n) is 12.6. The van der Waals surface area contributed by atoms with E-state index >= 15 is 0 Å². The van der Waals surface area contributed by atoms with Crippen LogP contribution in [-0.2, 0) is 16.3 Å². The van der Waals surface area contributed by atoms with Gasteiger partial charge in [-0.05, 0) is 48.2 Å². The standard InChI is InChI=1S/C17H10F3NO3S/c18-10-5-9(8-21)6-11(7-10)24-14-3-4-15-16-12(14)1-2-13(16)17(19,20)25(15,22)23/h3-7,13H,1-2H2. The molecule has 0 radical (unpaired) electrons. The monoisotopic (exact) mass is 365 g/mol. The molecular weight excluding hydrogens is 355 g/mol. The molecule has 4 rings (SSSR count). The van der Waals surface area contributed by atoms with Gasteiger partial charge < -0.3 is 4.74 Å². The van der Waals surface area contributed by atoms with Gasteiger partial charge in [-0.15, -0.1) is 0 Å². The van der Waals surface area contributed by atoms with Gasteiger partial charge in [0.05, 0.1) is 22.4 Å². The maximum atomic E-state index is 14.2. The lowest BCUT2D eigenvalue weighted by molar-refractivity contribution is 0.0664. The summed E-state index contributed by atoms with van der Waals surface area (Å²) in [5.41, 5.74) is 0.546. The highest BCUT2D eigenvalue weighted by Crippen LogP contribution is 2.58. The van der Waals surface area contributed by atoms with Gasteiger partial charge >= 0.3 is 5.25 Å². The van der Waals surface area contributed by atoms with Crippen molar-refractivity contribution >= 4 is 9.84 Å². The van der Waals surface area contributed by atoms with Crippen molar-refractivity contribution in [2.45, 2.75) is 28.9 Å². The summed E-state index contributed by atoms with van der Waals surface area (Å²) >= 11 is 0. The molecule has 2 aliphatic rings. The summed E-state index contributed by atoms with van der Waals surface area (Å²) in [6, 6.07) is 7.63. The van der Waals surface area contributed by atoms with E-state index < -0.39 is 26.8 Å². The quantitative estimate of drug-likeness (QED) is 0.810. The molecule has 1 aliphatic heterocycles. The Morgan fingerprint density at radius 1 is 1.24 bits per heavy atom. The molecule has 0 amide bonds. The molecule has 4 nitrogen and oxygen atoms in total. The second-order valence-corrected chi connectivity index (χ2v) is 7.99. The number of hydrogen-bond acceptors (Lipinski definition) is 4. The summed E-state index contributed by atoms with van der Waals surface area (Å²) in [5.74, 6) is -1.81. The Labute approximate surface area is 141 Å². The van der Waals surface area contributed by atoms with Gasteiger partial charge in [0, 0.05) is 6.07 Å². The van der Waals surface area contributed by atoms with Crippen molar-refractivity contribution in [2.75, 3.05) is 0 Å². The van der Waals surface area contributed by atoms with Crippen LogP contribution in [0.3, 0.4) is 0 Å². The average Bonchev–Trinajstić information content (AvgIpc) is 3.05. The zero-order valence-corrected chi connectivity index (χ0v) is 13.4. The highest BCUT2D eigenvalue weighted by molar-refractivity contribution is 7.92. The van der Waals surface area contributed by atoms with E-state index in [9.17, 15) is 21.6 Å². The number of ether oxygens (including phenoxy) is 1. The van der Waals surface area contributed by atoms with Gasteiger partial charge in [-0.1, -0.05) is 0 Å². The summed E-state index contributed by atoms with van der Waals surface area (Å²) in [6.45, 7) is 0. The molecule has 128 valence electrons. The Balaban J connectivity index is 1.82. The molecule has 2 aromatic rings. The Morgan fingerprint density at radius 2 is 2.00 bits per heavy atom. The maximum Gasteiger partial charge on any atom is 0.356 e. The number of nitriles is 1. The van der Waals surface area contributed by atoms with Crippen LogP contribution >= 0.6 is 0 Å². The van der Waals surface area contributed by atoms with E-state index in [1.54, 1.807) is 6.07 Å². The minimum atomic E-state index is -4.70. The van der Waals surface area contributed by atoms with Crippen molar-refractivity contribution in [1.82, 2.24) is 0 Å². The molecule has 0 fully saturated rings. The molecule has 2 aromatic carbocycles. The predicted octanol–water partition coefficient (Wildman–Crippen LogP) is 3.90. The van der Waals surface area contributed by atoms with Gasteiger partial charge in [0.15, 0.2) is 0 Å². The normalized spacial score (nSPS) is 21.6. The zero-order chi connectivity index (χ0) is 18.0.